The highest BCUT2D eigenvalue weighted by Gasteiger charge is 2.24. The molecule has 0 saturated carbocycles. The van der Waals surface area contributed by atoms with Crippen molar-refractivity contribution in [1.82, 2.24) is 9.88 Å². The fraction of sp³-hybridized carbons (Fsp3) is 0.538. The van der Waals surface area contributed by atoms with Crippen LogP contribution in [0.15, 0.2) is 22.9 Å². The van der Waals surface area contributed by atoms with Crippen molar-refractivity contribution < 1.29 is 9.53 Å². The molecule has 1 aromatic heterocycles. The third kappa shape index (κ3) is 4.26. The molecule has 1 fully saturated rings. The number of ether oxygens (including phenoxy) is 1. The van der Waals surface area contributed by atoms with E-state index in [9.17, 15) is 4.79 Å². The summed E-state index contributed by atoms with van der Waals surface area (Å²) in [6.07, 6.45) is 5.38. The maximum Gasteiger partial charge on any atom is 0.255 e. The first-order valence-corrected chi connectivity index (χ1v) is 8.19. The summed E-state index contributed by atoms with van der Waals surface area (Å²) < 4.78 is 6.51. The Morgan fingerprint density at radius 3 is 2.79 bits per heavy atom. The summed E-state index contributed by atoms with van der Waals surface area (Å²) in [6, 6.07) is 1.81. The van der Waals surface area contributed by atoms with Crippen molar-refractivity contribution in [1.29, 1.82) is 0 Å². The van der Waals surface area contributed by atoms with Crippen LogP contribution in [0.1, 0.15) is 23.2 Å². The molecule has 0 radical (unpaired) electrons. The molecule has 104 valence electrons. The molecule has 4 nitrogen and oxygen atoms in total. The lowest BCUT2D eigenvalue weighted by Gasteiger charge is -2.31. The molecule has 0 bridgehead atoms. The fourth-order valence-corrected chi connectivity index (χ4v) is 2.70. The minimum atomic E-state index is 0.0488. The van der Waals surface area contributed by atoms with E-state index < -0.39 is 0 Å². The van der Waals surface area contributed by atoms with Gasteiger partial charge in [-0.05, 0) is 34.8 Å². The second-order valence-corrected chi connectivity index (χ2v) is 6.15. The molecule has 1 amide bonds. The van der Waals surface area contributed by atoms with Gasteiger partial charge in [0.15, 0.2) is 0 Å². The molecular weight excluding hydrogens is 376 g/mol. The molecule has 2 heterocycles. The topological polar surface area (TPSA) is 42.4 Å². The normalized spacial score (nSPS) is 16.6. The molecule has 1 aromatic rings. The average molecular weight is 392 g/mol. The number of amides is 1. The molecule has 0 N–H and O–H groups in total. The maximum atomic E-state index is 12.3. The van der Waals surface area contributed by atoms with Crippen molar-refractivity contribution in [2.45, 2.75) is 18.9 Å². The first-order chi connectivity index (χ1) is 9.20. The van der Waals surface area contributed by atoms with Crippen molar-refractivity contribution in [2.24, 2.45) is 0 Å². The number of likely N-dealkylation sites (tertiary alicyclic amines) is 1. The smallest absolute Gasteiger partial charge is 0.255 e. The number of halogens is 2. The monoisotopic (exact) mass is 390 g/mol. The summed E-state index contributed by atoms with van der Waals surface area (Å²) in [7, 11) is 0. The van der Waals surface area contributed by atoms with E-state index in [-0.39, 0.29) is 12.0 Å². The molecule has 19 heavy (non-hydrogen) atoms. The Bertz CT molecular complexity index is 434. The van der Waals surface area contributed by atoms with Gasteiger partial charge in [0.05, 0.1) is 18.3 Å². The molecule has 0 aromatic carbocycles. The summed E-state index contributed by atoms with van der Waals surface area (Å²) in [6.45, 7) is 2.23. The first-order valence-electron chi connectivity index (χ1n) is 6.28. The third-order valence-electron chi connectivity index (χ3n) is 3.11. The van der Waals surface area contributed by atoms with Gasteiger partial charge in [0.1, 0.15) is 0 Å². The van der Waals surface area contributed by atoms with Crippen molar-refractivity contribution >= 4 is 37.8 Å². The second-order valence-electron chi connectivity index (χ2n) is 4.44. The van der Waals surface area contributed by atoms with Crippen LogP contribution in [0.4, 0.5) is 0 Å². The molecule has 0 atom stereocenters. The van der Waals surface area contributed by atoms with Gasteiger partial charge in [0.25, 0.3) is 5.91 Å². The molecule has 0 aliphatic carbocycles. The Labute approximate surface area is 129 Å². The van der Waals surface area contributed by atoms with E-state index in [1.54, 1.807) is 12.4 Å². The molecule has 0 unspecified atom stereocenters. The van der Waals surface area contributed by atoms with Gasteiger partial charge in [0, 0.05) is 35.3 Å². The summed E-state index contributed by atoms with van der Waals surface area (Å²) in [5.74, 6) is 0.0488. The molecular formula is C13H16Br2N2O2. The van der Waals surface area contributed by atoms with Gasteiger partial charge in [-0.25, -0.2) is 0 Å². The van der Waals surface area contributed by atoms with Gasteiger partial charge >= 0.3 is 0 Å². The lowest BCUT2D eigenvalue weighted by atomic mass is 10.1. The van der Waals surface area contributed by atoms with E-state index in [1.807, 2.05) is 11.0 Å². The predicted molar refractivity (Wildman–Crippen MR) is 80.6 cm³/mol. The largest absolute Gasteiger partial charge is 0.377 e. The lowest BCUT2D eigenvalue weighted by Crippen LogP contribution is -2.41. The zero-order valence-corrected chi connectivity index (χ0v) is 13.7. The van der Waals surface area contributed by atoms with Gasteiger partial charge in [-0.2, -0.15) is 0 Å². The predicted octanol–water partition coefficient (Wildman–Crippen LogP) is 2.86. The van der Waals surface area contributed by atoms with Gasteiger partial charge in [-0.1, -0.05) is 15.9 Å². The van der Waals surface area contributed by atoms with E-state index in [0.29, 0.717) is 5.56 Å². The Balaban J connectivity index is 1.89. The van der Waals surface area contributed by atoms with Crippen molar-refractivity contribution in [3.63, 3.8) is 0 Å². The van der Waals surface area contributed by atoms with Crippen LogP contribution in [0.5, 0.6) is 0 Å². The minimum absolute atomic E-state index is 0.0488. The third-order valence-corrected chi connectivity index (χ3v) is 3.87. The molecule has 1 saturated heterocycles. The zero-order valence-electron chi connectivity index (χ0n) is 10.5. The van der Waals surface area contributed by atoms with Crippen LogP contribution in [0.25, 0.3) is 0 Å². The standard InChI is InChI=1S/C13H16Br2N2O2/c14-3-6-19-12-1-4-17(5-2-12)13(18)10-7-11(15)9-16-8-10/h7-9,12H,1-6H2. The quantitative estimate of drug-likeness (QED) is 0.741. The summed E-state index contributed by atoms with van der Waals surface area (Å²) in [4.78, 5) is 18.2. The van der Waals surface area contributed by atoms with Crippen LogP contribution < -0.4 is 0 Å². The number of aromatic nitrogens is 1. The van der Waals surface area contributed by atoms with Crippen LogP contribution in [-0.2, 0) is 4.74 Å². The lowest BCUT2D eigenvalue weighted by molar-refractivity contribution is 0.0160. The maximum absolute atomic E-state index is 12.3. The number of nitrogens with zero attached hydrogens (tertiary/aromatic N) is 2. The van der Waals surface area contributed by atoms with Crippen LogP contribution in [0.3, 0.4) is 0 Å². The van der Waals surface area contributed by atoms with Crippen molar-refractivity contribution in [3.05, 3.63) is 28.5 Å². The van der Waals surface area contributed by atoms with Crippen LogP contribution in [0.2, 0.25) is 0 Å². The summed E-state index contributed by atoms with van der Waals surface area (Å²) in [5, 5.41) is 0.857. The van der Waals surface area contributed by atoms with Crippen LogP contribution >= 0.6 is 31.9 Å². The number of carbonyl (C=O) groups is 1. The highest BCUT2D eigenvalue weighted by molar-refractivity contribution is 9.10. The number of hydrogen-bond donors (Lipinski definition) is 0. The van der Waals surface area contributed by atoms with E-state index in [4.69, 9.17) is 4.74 Å². The molecule has 1 aliphatic rings. The van der Waals surface area contributed by atoms with Crippen LogP contribution in [0, 0.1) is 0 Å². The number of pyridine rings is 1. The van der Waals surface area contributed by atoms with Crippen LogP contribution in [-0.4, -0.2) is 46.9 Å². The average Bonchev–Trinajstić information content (AvgIpc) is 2.45. The van der Waals surface area contributed by atoms with E-state index >= 15 is 0 Å². The Morgan fingerprint density at radius 1 is 1.42 bits per heavy atom. The summed E-state index contributed by atoms with van der Waals surface area (Å²) in [5.41, 5.74) is 0.634. The number of piperidine rings is 1. The van der Waals surface area contributed by atoms with Gasteiger partial charge in [-0.15, -0.1) is 0 Å². The number of hydrogen-bond acceptors (Lipinski definition) is 3. The molecule has 0 spiro atoms. The van der Waals surface area contributed by atoms with Crippen molar-refractivity contribution in [2.75, 3.05) is 25.0 Å². The SMILES string of the molecule is O=C(c1cncc(Br)c1)N1CCC(OCCBr)CC1. The van der Waals surface area contributed by atoms with Gasteiger partial charge in [-0.3, -0.25) is 9.78 Å². The molecule has 2 rings (SSSR count). The van der Waals surface area contributed by atoms with Gasteiger partial charge in [0.2, 0.25) is 0 Å². The number of rotatable bonds is 4. The fourth-order valence-electron chi connectivity index (χ4n) is 2.15. The van der Waals surface area contributed by atoms with E-state index in [0.717, 1.165) is 42.3 Å². The van der Waals surface area contributed by atoms with E-state index in [1.165, 1.54) is 0 Å². The summed E-state index contributed by atoms with van der Waals surface area (Å²) >= 11 is 6.68. The Hall–Kier alpha value is -0.460. The highest BCUT2D eigenvalue weighted by atomic mass is 79.9. The zero-order chi connectivity index (χ0) is 13.7. The molecule has 1 aliphatic heterocycles. The minimum Gasteiger partial charge on any atom is -0.377 e. The number of carbonyl (C=O) groups excluding carboxylic acids is 1. The van der Waals surface area contributed by atoms with Crippen molar-refractivity contribution in [3.8, 4) is 0 Å². The van der Waals surface area contributed by atoms with E-state index in [2.05, 4.69) is 36.8 Å². The highest BCUT2D eigenvalue weighted by Crippen LogP contribution is 2.17. The van der Waals surface area contributed by atoms with Gasteiger partial charge < -0.3 is 9.64 Å². The number of alkyl halides is 1. The Kier molecular flexibility index (Phi) is 5.78. The first kappa shape index (κ1) is 14.9. The molecule has 6 heteroatoms. The Morgan fingerprint density at radius 2 is 2.16 bits per heavy atom. The second kappa shape index (κ2) is 7.36.